The van der Waals surface area contributed by atoms with Crippen molar-refractivity contribution in [3.8, 4) is 0 Å². The number of hydrogen-bond donors (Lipinski definition) is 2. The molecular weight excluding hydrogens is 364 g/mol. The highest BCUT2D eigenvalue weighted by Gasteiger charge is 2.24. The van der Waals surface area contributed by atoms with Crippen molar-refractivity contribution in [3.05, 3.63) is 23.8 Å². The molecule has 1 atom stereocenters. The van der Waals surface area contributed by atoms with Gasteiger partial charge in [0.05, 0.1) is 0 Å². The third-order valence-electron chi connectivity index (χ3n) is 4.91. The minimum atomic E-state index is -0.0693. The lowest BCUT2D eigenvalue weighted by atomic mass is 10.0. The van der Waals surface area contributed by atoms with Crippen molar-refractivity contribution in [2.24, 2.45) is 11.8 Å². The van der Waals surface area contributed by atoms with Crippen molar-refractivity contribution in [1.29, 1.82) is 0 Å². The van der Waals surface area contributed by atoms with Crippen LogP contribution in [0, 0.1) is 11.8 Å². The molecule has 0 aliphatic heterocycles. The first kappa shape index (κ1) is 24.8. The van der Waals surface area contributed by atoms with Crippen molar-refractivity contribution in [1.82, 2.24) is 10.2 Å². The van der Waals surface area contributed by atoms with Crippen LogP contribution in [0.1, 0.15) is 60.5 Å². The van der Waals surface area contributed by atoms with E-state index in [9.17, 15) is 9.59 Å². The first-order valence-corrected chi connectivity index (χ1v) is 10.6. The summed E-state index contributed by atoms with van der Waals surface area (Å²) in [6.07, 6.45) is 0.484. The third kappa shape index (κ3) is 7.95. The van der Waals surface area contributed by atoms with Gasteiger partial charge < -0.3 is 20.4 Å². The summed E-state index contributed by atoms with van der Waals surface area (Å²) in [6, 6.07) is 5.97. The van der Waals surface area contributed by atoms with Gasteiger partial charge in [-0.05, 0) is 56.4 Å². The Hall–Kier alpha value is -2.24. The van der Waals surface area contributed by atoms with Gasteiger partial charge in [-0.15, -0.1) is 0 Å². The minimum Gasteiger partial charge on any atom is -0.377 e. The highest BCUT2D eigenvalue weighted by atomic mass is 16.2. The average Bonchev–Trinajstić information content (AvgIpc) is 2.57. The first-order valence-electron chi connectivity index (χ1n) is 10.6. The predicted octanol–water partition coefficient (Wildman–Crippen LogP) is 4.70. The molecule has 6 nitrogen and oxygen atoms in total. The largest absolute Gasteiger partial charge is 0.377 e. The molecule has 0 aliphatic rings. The van der Waals surface area contributed by atoms with Gasteiger partial charge in [-0.1, -0.05) is 27.7 Å². The van der Waals surface area contributed by atoms with Gasteiger partial charge in [-0.25, -0.2) is 4.79 Å². The van der Waals surface area contributed by atoms with Crippen LogP contribution in [-0.4, -0.2) is 43.0 Å². The number of amides is 3. The summed E-state index contributed by atoms with van der Waals surface area (Å²) in [4.78, 5) is 29.0. The van der Waals surface area contributed by atoms with Gasteiger partial charge in [0.1, 0.15) is 0 Å². The van der Waals surface area contributed by atoms with E-state index in [1.807, 2.05) is 69.8 Å². The van der Waals surface area contributed by atoms with E-state index in [0.29, 0.717) is 24.8 Å². The molecule has 0 fully saturated rings. The summed E-state index contributed by atoms with van der Waals surface area (Å²) in [7, 11) is 3.97. The van der Waals surface area contributed by atoms with Crippen LogP contribution < -0.4 is 15.5 Å². The van der Waals surface area contributed by atoms with Gasteiger partial charge in [0.2, 0.25) is 5.91 Å². The summed E-state index contributed by atoms with van der Waals surface area (Å²) in [5.74, 6) is 0.635. The molecule has 0 spiro atoms. The van der Waals surface area contributed by atoms with E-state index in [1.54, 1.807) is 0 Å². The van der Waals surface area contributed by atoms with Crippen LogP contribution in [0.2, 0.25) is 0 Å². The average molecular weight is 405 g/mol. The number of urea groups is 1. The number of nitrogens with zero attached hydrogens (tertiary/aromatic N) is 2. The zero-order valence-corrected chi connectivity index (χ0v) is 19.7. The molecular formula is C23H40N4O2. The van der Waals surface area contributed by atoms with Crippen molar-refractivity contribution < 1.29 is 9.59 Å². The lowest BCUT2D eigenvalue weighted by molar-refractivity contribution is -0.116. The normalized spacial score (nSPS) is 12.3. The highest BCUT2D eigenvalue weighted by molar-refractivity contribution is 5.91. The van der Waals surface area contributed by atoms with E-state index in [1.165, 1.54) is 0 Å². The minimum absolute atomic E-state index is 0.00788. The molecule has 1 rings (SSSR count). The second-order valence-corrected chi connectivity index (χ2v) is 9.10. The van der Waals surface area contributed by atoms with Crippen LogP contribution >= 0.6 is 0 Å². The molecule has 2 N–H and O–H groups in total. The van der Waals surface area contributed by atoms with Crippen molar-refractivity contribution >= 4 is 23.3 Å². The van der Waals surface area contributed by atoms with Crippen LogP contribution in [0.25, 0.3) is 0 Å². The molecule has 29 heavy (non-hydrogen) atoms. The Balaban J connectivity index is 3.22. The zero-order valence-electron chi connectivity index (χ0n) is 19.7. The van der Waals surface area contributed by atoms with Gasteiger partial charge in [-0.3, -0.25) is 4.79 Å². The molecule has 6 heteroatoms. The van der Waals surface area contributed by atoms with E-state index >= 15 is 0 Å². The molecule has 0 radical (unpaired) electrons. The van der Waals surface area contributed by atoms with Crippen molar-refractivity contribution in [2.75, 3.05) is 24.3 Å². The monoisotopic (exact) mass is 404 g/mol. The van der Waals surface area contributed by atoms with Gasteiger partial charge >= 0.3 is 6.03 Å². The smallest absolute Gasteiger partial charge is 0.318 e. The number of carbonyl (C=O) groups is 2. The molecule has 0 saturated carbocycles. The van der Waals surface area contributed by atoms with E-state index in [4.69, 9.17) is 0 Å². The zero-order chi connectivity index (χ0) is 22.3. The van der Waals surface area contributed by atoms with Crippen LogP contribution in [0.5, 0.6) is 0 Å². The number of nitrogens with one attached hydrogen (secondary N) is 2. The first-order chi connectivity index (χ1) is 13.4. The molecule has 0 aliphatic carbocycles. The summed E-state index contributed by atoms with van der Waals surface area (Å²) in [6.45, 7) is 14.8. The van der Waals surface area contributed by atoms with Gasteiger partial charge in [0.15, 0.2) is 0 Å². The standard InChI is InChI=1S/C23H40N4O2/c1-15(2)12-22(28)25-20-10-11-21(26(8)9)19(13-20)14-27(18(7)16(3)4)23(29)24-17(5)6/h10-11,13,15-18H,12,14H2,1-9H3,(H,24,29)(H,25,28). The quantitative estimate of drug-likeness (QED) is 0.627. The Bertz CT molecular complexity index is 683. The van der Waals surface area contributed by atoms with Gasteiger partial charge in [-0.2, -0.15) is 0 Å². The summed E-state index contributed by atoms with van der Waals surface area (Å²) >= 11 is 0. The lowest BCUT2D eigenvalue weighted by Gasteiger charge is -2.34. The summed E-state index contributed by atoms with van der Waals surface area (Å²) in [5.41, 5.74) is 2.80. The van der Waals surface area contributed by atoms with Gasteiger partial charge in [0, 0.05) is 50.5 Å². The fraction of sp³-hybridized carbons (Fsp3) is 0.652. The van der Waals surface area contributed by atoms with E-state index in [-0.39, 0.29) is 24.0 Å². The molecule has 0 saturated heterocycles. The Morgan fingerprint density at radius 2 is 1.62 bits per heavy atom. The summed E-state index contributed by atoms with van der Waals surface area (Å²) in [5, 5.41) is 6.01. The van der Waals surface area contributed by atoms with Crippen molar-refractivity contribution in [3.63, 3.8) is 0 Å². The molecule has 3 amide bonds. The van der Waals surface area contributed by atoms with Crippen LogP contribution in [0.3, 0.4) is 0 Å². The van der Waals surface area contributed by atoms with Crippen LogP contribution in [0.4, 0.5) is 16.2 Å². The SMILES string of the molecule is CC(C)CC(=O)Nc1ccc(N(C)C)c(CN(C(=O)NC(C)C)C(C)C(C)C)c1. The van der Waals surface area contributed by atoms with E-state index in [0.717, 1.165) is 16.9 Å². The Labute approximate surface area is 177 Å². The fourth-order valence-corrected chi connectivity index (χ4v) is 3.08. The number of carbonyl (C=O) groups excluding carboxylic acids is 2. The highest BCUT2D eigenvalue weighted by Crippen LogP contribution is 2.26. The molecule has 164 valence electrons. The number of benzene rings is 1. The molecule has 1 aromatic rings. The van der Waals surface area contributed by atoms with Gasteiger partial charge in [0.25, 0.3) is 0 Å². The second kappa shape index (κ2) is 11.1. The lowest BCUT2D eigenvalue weighted by Crippen LogP contribution is -2.48. The molecule has 0 aromatic heterocycles. The Morgan fingerprint density at radius 1 is 1.00 bits per heavy atom. The third-order valence-corrected chi connectivity index (χ3v) is 4.91. The van der Waals surface area contributed by atoms with Crippen LogP contribution in [-0.2, 0) is 11.3 Å². The predicted molar refractivity (Wildman–Crippen MR) is 122 cm³/mol. The maximum Gasteiger partial charge on any atom is 0.318 e. The number of anilines is 2. The topological polar surface area (TPSA) is 64.7 Å². The molecule has 0 bridgehead atoms. The molecule has 1 unspecified atom stereocenters. The maximum atomic E-state index is 12.9. The van der Waals surface area contributed by atoms with Crippen molar-refractivity contribution in [2.45, 2.75) is 73.5 Å². The Morgan fingerprint density at radius 3 is 2.10 bits per heavy atom. The van der Waals surface area contributed by atoms with E-state index < -0.39 is 0 Å². The van der Waals surface area contributed by atoms with E-state index in [2.05, 4.69) is 31.4 Å². The Kier molecular flexibility index (Phi) is 9.47. The second-order valence-electron chi connectivity index (χ2n) is 9.10. The summed E-state index contributed by atoms with van der Waals surface area (Å²) < 4.78 is 0. The van der Waals surface area contributed by atoms with Crippen LogP contribution in [0.15, 0.2) is 18.2 Å². The molecule has 1 aromatic carbocycles. The number of rotatable bonds is 9. The fourth-order valence-electron chi connectivity index (χ4n) is 3.08. The molecule has 0 heterocycles. The number of hydrogen-bond acceptors (Lipinski definition) is 3. The maximum absolute atomic E-state index is 12.9.